The van der Waals surface area contributed by atoms with E-state index in [1.54, 1.807) is 0 Å². The summed E-state index contributed by atoms with van der Waals surface area (Å²) >= 11 is 4.97. The van der Waals surface area contributed by atoms with Gasteiger partial charge in [-0.3, -0.25) is 0 Å². The number of aromatic nitrogens is 3. The first kappa shape index (κ1) is 15.0. The van der Waals surface area contributed by atoms with E-state index in [9.17, 15) is 9.50 Å². The summed E-state index contributed by atoms with van der Waals surface area (Å²) in [4.78, 5) is 7.99. The Bertz CT molecular complexity index is 739. The topological polar surface area (TPSA) is 132 Å². The van der Waals surface area contributed by atoms with E-state index in [-0.39, 0.29) is 16.5 Å². The first-order valence-corrected chi connectivity index (χ1v) is 6.85. The molecule has 1 aliphatic rings. The molecule has 0 spiro atoms. The number of rotatable bonds is 3. The Kier molecular flexibility index (Phi) is 3.68. The van der Waals surface area contributed by atoms with Crippen LogP contribution in [0.4, 0.5) is 10.2 Å². The predicted octanol–water partition coefficient (Wildman–Crippen LogP) is -0.764. The molecule has 2 aromatic rings. The second-order valence-electron chi connectivity index (χ2n) is 4.95. The fraction of sp³-hybridized carbons (Fsp3) is 0.417. The number of thiocarbonyl (C=S) groups is 1. The molecule has 22 heavy (non-hydrogen) atoms. The Hall–Kier alpha value is -1.88. The van der Waals surface area contributed by atoms with Crippen LogP contribution < -0.4 is 11.5 Å². The minimum atomic E-state index is -1.75. The average Bonchev–Trinajstić information content (AvgIpc) is 3.00. The number of aliphatic hydroxyl groups excluding tert-OH is 2. The second kappa shape index (κ2) is 5.39. The highest BCUT2D eigenvalue weighted by Gasteiger charge is 2.45. The van der Waals surface area contributed by atoms with Crippen LogP contribution >= 0.6 is 12.2 Å². The number of anilines is 1. The van der Waals surface area contributed by atoms with Crippen molar-refractivity contribution >= 4 is 34.1 Å². The summed E-state index contributed by atoms with van der Waals surface area (Å²) in [6, 6.07) is 0. The van der Waals surface area contributed by atoms with E-state index < -0.39 is 31.2 Å². The lowest BCUT2D eigenvalue weighted by atomic mass is 10.1. The van der Waals surface area contributed by atoms with Crippen molar-refractivity contribution in [1.29, 1.82) is 0 Å². The molecule has 6 N–H and O–H groups in total. The number of hydrogen-bond acceptors (Lipinski definition) is 7. The Labute approximate surface area is 129 Å². The van der Waals surface area contributed by atoms with Crippen LogP contribution in [0.5, 0.6) is 0 Å². The standard InChI is InChI=1S/C12H14FN5O3S/c13-7-8(20)5(2-19)21-12(7)18-1-4(10(15)22)6-9(14)16-3-17-11(6)18/h1,3,5,7-8,12,19-20H,2H2,(H2,15,22)(H2,14,16,17)/t5-,7+,8-,12+/m1/s1. The molecule has 0 aromatic carbocycles. The lowest BCUT2D eigenvalue weighted by Crippen LogP contribution is -2.30. The zero-order valence-electron chi connectivity index (χ0n) is 11.3. The molecule has 0 radical (unpaired) electrons. The minimum absolute atomic E-state index is 0.0536. The van der Waals surface area contributed by atoms with Gasteiger partial charge in [-0.1, -0.05) is 12.2 Å². The SMILES string of the molecule is NC(=S)c1cn([C@H]2O[C@H](CO)[C@@H](O)[C@@H]2F)c2ncnc(N)c12. The van der Waals surface area contributed by atoms with E-state index in [4.69, 9.17) is 33.5 Å². The summed E-state index contributed by atoms with van der Waals surface area (Å²) in [6.07, 6.45) is -2.71. The van der Waals surface area contributed by atoms with Gasteiger partial charge in [0.2, 0.25) is 0 Å². The Balaban J connectivity index is 2.16. The number of ether oxygens (including phenoxy) is 1. The van der Waals surface area contributed by atoms with E-state index in [0.717, 1.165) is 0 Å². The van der Waals surface area contributed by atoms with Crippen LogP contribution in [0, 0.1) is 0 Å². The summed E-state index contributed by atoms with van der Waals surface area (Å²) in [6.45, 7) is -0.503. The highest BCUT2D eigenvalue weighted by Crippen LogP contribution is 2.35. The Morgan fingerprint density at radius 3 is 2.82 bits per heavy atom. The molecule has 0 aliphatic carbocycles. The van der Waals surface area contributed by atoms with Gasteiger partial charge in [-0.25, -0.2) is 14.4 Å². The third-order valence-electron chi connectivity index (χ3n) is 3.65. The number of nitrogens with zero attached hydrogens (tertiary/aromatic N) is 3. The van der Waals surface area contributed by atoms with Crippen molar-refractivity contribution in [3.63, 3.8) is 0 Å². The maximum absolute atomic E-state index is 14.3. The van der Waals surface area contributed by atoms with Crippen LogP contribution in [0.1, 0.15) is 11.8 Å². The summed E-state index contributed by atoms with van der Waals surface area (Å²) in [5.74, 6) is 0.152. The molecule has 0 amide bonds. The van der Waals surface area contributed by atoms with Crippen LogP contribution in [0.25, 0.3) is 11.0 Å². The molecule has 118 valence electrons. The van der Waals surface area contributed by atoms with E-state index in [1.807, 2.05) is 0 Å². The minimum Gasteiger partial charge on any atom is -0.394 e. The van der Waals surface area contributed by atoms with Gasteiger partial charge in [-0.15, -0.1) is 0 Å². The molecule has 0 saturated carbocycles. The molecule has 0 bridgehead atoms. The number of nitrogen functional groups attached to an aromatic ring is 1. The van der Waals surface area contributed by atoms with E-state index in [0.29, 0.717) is 10.9 Å². The van der Waals surface area contributed by atoms with Gasteiger partial charge >= 0.3 is 0 Å². The molecule has 3 rings (SSSR count). The third kappa shape index (κ3) is 2.11. The normalized spacial score (nSPS) is 28.3. The maximum atomic E-state index is 14.3. The molecule has 4 atom stereocenters. The zero-order valence-corrected chi connectivity index (χ0v) is 12.1. The van der Waals surface area contributed by atoms with Gasteiger partial charge in [-0.05, 0) is 0 Å². The molecular formula is C12H14FN5O3S. The average molecular weight is 327 g/mol. The monoisotopic (exact) mass is 327 g/mol. The van der Waals surface area contributed by atoms with E-state index >= 15 is 0 Å². The van der Waals surface area contributed by atoms with Gasteiger partial charge in [0.25, 0.3) is 0 Å². The lowest BCUT2D eigenvalue weighted by molar-refractivity contribution is -0.0457. The zero-order chi connectivity index (χ0) is 16.0. The fourth-order valence-corrected chi connectivity index (χ4v) is 2.72. The van der Waals surface area contributed by atoms with Crippen LogP contribution in [0.15, 0.2) is 12.5 Å². The maximum Gasteiger partial charge on any atom is 0.173 e. The molecule has 0 unspecified atom stereocenters. The molecule has 2 aromatic heterocycles. The van der Waals surface area contributed by atoms with Crippen LogP contribution in [0.2, 0.25) is 0 Å². The summed E-state index contributed by atoms with van der Waals surface area (Å²) in [7, 11) is 0. The number of nitrogens with two attached hydrogens (primary N) is 2. The number of aliphatic hydroxyl groups is 2. The molecule has 8 nitrogen and oxygen atoms in total. The number of alkyl halides is 1. The van der Waals surface area contributed by atoms with Crippen molar-refractivity contribution in [2.75, 3.05) is 12.3 Å². The Morgan fingerprint density at radius 2 is 2.23 bits per heavy atom. The number of halogens is 1. The van der Waals surface area contributed by atoms with Crippen molar-refractivity contribution in [2.24, 2.45) is 5.73 Å². The molecule has 1 saturated heterocycles. The lowest BCUT2D eigenvalue weighted by Gasteiger charge is -2.15. The van der Waals surface area contributed by atoms with Crippen molar-refractivity contribution in [3.05, 3.63) is 18.1 Å². The predicted molar refractivity (Wildman–Crippen MR) is 79.7 cm³/mol. The van der Waals surface area contributed by atoms with Crippen molar-refractivity contribution in [2.45, 2.75) is 24.6 Å². The molecule has 1 fully saturated rings. The van der Waals surface area contributed by atoms with Crippen LogP contribution in [-0.2, 0) is 4.74 Å². The first-order valence-electron chi connectivity index (χ1n) is 6.45. The van der Waals surface area contributed by atoms with Gasteiger partial charge in [-0.2, -0.15) is 0 Å². The van der Waals surface area contributed by atoms with Crippen molar-refractivity contribution in [1.82, 2.24) is 14.5 Å². The number of fused-ring (bicyclic) bond motifs is 1. The molecule has 10 heteroatoms. The molecule has 1 aliphatic heterocycles. The second-order valence-corrected chi connectivity index (χ2v) is 5.39. The van der Waals surface area contributed by atoms with Gasteiger partial charge in [0.15, 0.2) is 12.4 Å². The highest BCUT2D eigenvalue weighted by atomic mass is 32.1. The smallest absolute Gasteiger partial charge is 0.173 e. The largest absolute Gasteiger partial charge is 0.394 e. The van der Waals surface area contributed by atoms with Gasteiger partial charge < -0.3 is 31.0 Å². The quantitative estimate of drug-likeness (QED) is 0.541. The fourth-order valence-electron chi connectivity index (χ4n) is 2.57. The van der Waals surface area contributed by atoms with Crippen molar-refractivity contribution in [3.8, 4) is 0 Å². The first-order chi connectivity index (χ1) is 10.5. The van der Waals surface area contributed by atoms with Gasteiger partial charge in [0.05, 0.1) is 12.0 Å². The van der Waals surface area contributed by atoms with Gasteiger partial charge in [0.1, 0.15) is 35.0 Å². The van der Waals surface area contributed by atoms with Gasteiger partial charge in [0, 0.05) is 11.8 Å². The van der Waals surface area contributed by atoms with E-state index in [2.05, 4.69) is 9.97 Å². The molecular weight excluding hydrogens is 313 g/mol. The highest BCUT2D eigenvalue weighted by molar-refractivity contribution is 7.80. The van der Waals surface area contributed by atoms with Crippen LogP contribution in [0.3, 0.4) is 0 Å². The molecule has 3 heterocycles. The van der Waals surface area contributed by atoms with Crippen LogP contribution in [-0.4, -0.2) is 54.7 Å². The van der Waals surface area contributed by atoms with E-state index in [1.165, 1.54) is 17.1 Å². The summed E-state index contributed by atoms with van der Waals surface area (Å²) < 4.78 is 21.0. The summed E-state index contributed by atoms with van der Waals surface area (Å²) in [5.41, 5.74) is 12.2. The summed E-state index contributed by atoms with van der Waals surface area (Å²) in [5, 5.41) is 19.3. The third-order valence-corrected chi connectivity index (χ3v) is 3.87. The van der Waals surface area contributed by atoms with Crippen molar-refractivity contribution < 1.29 is 19.3 Å². The number of hydrogen-bond donors (Lipinski definition) is 4. The Morgan fingerprint density at radius 1 is 1.50 bits per heavy atom.